The van der Waals surface area contributed by atoms with Gasteiger partial charge in [0.05, 0.1) is 0 Å². The van der Waals surface area contributed by atoms with Crippen LogP contribution in [0.15, 0.2) is 18.2 Å². The lowest BCUT2D eigenvalue weighted by atomic mass is 9.81. The van der Waals surface area contributed by atoms with Gasteiger partial charge < -0.3 is 0 Å². The number of carbonyl (C=O) groups excluding carboxylic acids is 1. The fourth-order valence-electron chi connectivity index (χ4n) is 2.10. The summed E-state index contributed by atoms with van der Waals surface area (Å²) in [5.74, 6) is 0.979. The lowest BCUT2D eigenvalue weighted by Crippen LogP contribution is -2.17. The van der Waals surface area contributed by atoms with Gasteiger partial charge in [0.2, 0.25) is 0 Å². The average Bonchev–Trinajstić information content (AvgIpc) is 2.16. The second kappa shape index (κ2) is 5.01. The molecule has 0 unspecified atom stereocenters. The lowest BCUT2D eigenvalue weighted by molar-refractivity contribution is -0.119. The van der Waals surface area contributed by atoms with Gasteiger partial charge in [0, 0.05) is 17.9 Å². The molecule has 0 atom stereocenters. The van der Waals surface area contributed by atoms with Crippen molar-refractivity contribution in [2.45, 2.75) is 39.0 Å². The first-order chi connectivity index (χ1) is 7.65. The van der Waals surface area contributed by atoms with Crippen LogP contribution in [0.1, 0.15) is 36.8 Å². The largest absolute Gasteiger partial charge is 0.299 e. The number of ketones is 1. The van der Waals surface area contributed by atoms with Crippen molar-refractivity contribution in [2.75, 3.05) is 0 Å². The number of Topliss-reactive ketones (excluding diaryl/α,β-unsaturated/α-hetero) is 1. The van der Waals surface area contributed by atoms with E-state index in [4.69, 9.17) is 11.6 Å². The molecule has 0 spiro atoms. The van der Waals surface area contributed by atoms with Crippen LogP contribution in [0.4, 0.5) is 0 Å². The Labute approximate surface area is 102 Å². The molecule has 0 bridgehead atoms. The van der Waals surface area contributed by atoms with Crippen LogP contribution in [0, 0.1) is 12.8 Å². The molecule has 0 saturated heterocycles. The molecule has 0 aliphatic heterocycles. The quantitative estimate of drug-likeness (QED) is 0.774. The molecule has 16 heavy (non-hydrogen) atoms. The number of aryl methyl sites for hydroxylation is 1. The van der Waals surface area contributed by atoms with Gasteiger partial charge in [0.1, 0.15) is 5.78 Å². The van der Waals surface area contributed by atoms with Gasteiger partial charge in [0.25, 0.3) is 0 Å². The average molecular weight is 237 g/mol. The van der Waals surface area contributed by atoms with E-state index in [-0.39, 0.29) is 0 Å². The van der Waals surface area contributed by atoms with Crippen molar-refractivity contribution in [1.82, 2.24) is 0 Å². The van der Waals surface area contributed by atoms with Crippen LogP contribution in [-0.4, -0.2) is 5.78 Å². The number of halogens is 1. The zero-order valence-electron chi connectivity index (χ0n) is 9.63. The fraction of sp³-hybridized carbons (Fsp3) is 0.500. The number of benzene rings is 1. The van der Waals surface area contributed by atoms with E-state index < -0.39 is 0 Å². The van der Waals surface area contributed by atoms with Crippen LogP contribution in [0.2, 0.25) is 5.02 Å². The zero-order chi connectivity index (χ0) is 11.5. The number of hydrogen-bond donors (Lipinski definition) is 0. The van der Waals surface area contributed by atoms with Crippen molar-refractivity contribution in [2.24, 2.45) is 5.92 Å². The zero-order valence-corrected chi connectivity index (χ0v) is 10.4. The summed E-state index contributed by atoms with van der Waals surface area (Å²) in [5.41, 5.74) is 2.11. The molecule has 0 amide bonds. The normalized spacial score (nSPS) is 15.9. The minimum absolute atomic E-state index is 0.329. The third-order valence-electron chi connectivity index (χ3n) is 3.34. The maximum Gasteiger partial charge on any atom is 0.137 e. The van der Waals surface area contributed by atoms with E-state index in [1.165, 1.54) is 19.3 Å². The monoisotopic (exact) mass is 236 g/mol. The summed E-state index contributed by atoms with van der Waals surface area (Å²) in [7, 11) is 0. The van der Waals surface area contributed by atoms with Gasteiger partial charge in [-0.2, -0.15) is 0 Å². The van der Waals surface area contributed by atoms with E-state index in [0.29, 0.717) is 18.1 Å². The van der Waals surface area contributed by atoms with Crippen LogP contribution in [-0.2, 0) is 11.2 Å². The molecule has 1 nitrogen and oxygen atoms in total. The van der Waals surface area contributed by atoms with Crippen molar-refractivity contribution >= 4 is 17.4 Å². The highest BCUT2D eigenvalue weighted by atomic mass is 35.5. The maximum atomic E-state index is 11.8. The van der Waals surface area contributed by atoms with Crippen LogP contribution in [0.5, 0.6) is 0 Å². The Hall–Kier alpha value is -0.820. The summed E-state index contributed by atoms with van der Waals surface area (Å²) in [5, 5.41) is 0.724. The fourth-order valence-corrected chi connectivity index (χ4v) is 2.40. The van der Waals surface area contributed by atoms with Gasteiger partial charge in [0.15, 0.2) is 0 Å². The summed E-state index contributed by atoms with van der Waals surface area (Å²) in [6, 6.07) is 5.90. The molecule has 1 saturated carbocycles. The van der Waals surface area contributed by atoms with E-state index >= 15 is 0 Å². The van der Waals surface area contributed by atoms with Crippen LogP contribution >= 0.6 is 11.6 Å². The van der Waals surface area contributed by atoms with Gasteiger partial charge in [-0.1, -0.05) is 43.0 Å². The topological polar surface area (TPSA) is 17.1 Å². The van der Waals surface area contributed by atoms with E-state index in [9.17, 15) is 4.79 Å². The van der Waals surface area contributed by atoms with Crippen LogP contribution < -0.4 is 0 Å². The van der Waals surface area contributed by atoms with Crippen molar-refractivity contribution < 1.29 is 4.79 Å². The van der Waals surface area contributed by atoms with Gasteiger partial charge in [-0.15, -0.1) is 0 Å². The van der Waals surface area contributed by atoms with Gasteiger partial charge >= 0.3 is 0 Å². The van der Waals surface area contributed by atoms with Gasteiger partial charge in [-0.3, -0.25) is 4.79 Å². The molecule has 1 aromatic rings. The first kappa shape index (κ1) is 11.7. The molecule has 0 radical (unpaired) electrons. The minimum atomic E-state index is 0.329. The van der Waals surface area contributed by atoms with Crippen LogP contribution in [0.3, 0.4) is 0 Å². The summed E-state index contributed by atoms with van der Waals surface area (Å²) >= 11 is 6.11. The van der Waals surface area contributed by atoms with Crippen LogP contribution in [0.25, 0.3) is 0 Å². The minimum Gasteiger partial charge on any atom is -0.299 e. The van der Waals surface area contributed by atoms with E-state index in [1.807, 2.05) is 25.1 Å². The Morgan fingerprint density at radius 2 is 2.19 bits per heavy atom. The second-order valence-electron chi connectivity index (χ2n) is 4.81. The smallest absolute Gasteiger partial charge is 0.137 e. The molecule has 0 N–H and O–H groups in total. The molecule has 0 aromatic heterocycles. The Kier molecular flexibility index (Phi) is 3.65. The second-order valence-corrected chi connectivity index (χ2v) is 5.22. The third kappa shape index (κ3) is 2.85. The van der Waals surface area contributed by atoms with Gasteiger partial charge in [-0.25, -0.2) is 0 Å². The predicted molar refractivity (Wildman–Crippen MR) is 66.9 cm³/mol. The Morgan fingerprint density at radius 3 is 2.75 bits per heavy atom. The van der Waals surface area contributed by atoms with E-state index in [1.54, 1.807) is 0 Å². The Balaban J connectivity index is 1.94. The molecule has 2 heteroatoms. The molecule has 0 heterocycles. The molecular formula is C14H17ClO. The summed E-state index contributed by atoms with van der Waals surface area (Å²) in [6.45, 7) is 2.01. The SMILES string of the molecule is Cc1ccc(CC(=O)CC2CCC2)c(Cl)c1. The number of hydrogen-bond acceptors (Lipinski definition) is 1. The lowest BCUT2D eigenvalue weighted by Gasteiger charge is -2.24. The first-order valence-electron chi connectivity index (χ1n) is 5.92. The predicted octanol–water partition coefficient (Wildman–Crippen LogP) is 3.95. The molecule has 1 aliphatic carbocycles. The Bertz CT molecular complexity index is 394. The maximum absolute atomic E-state index is 11.8. The highest BCUT2D eigenvalue weighted by Crippen LogP contribution is 2.30. The highest BCUT2D eigenvalue weighted by Gasteiger charge is 2.20. The molecule has 1 aliphatic rings. The molecule has 1 fully saturated rings. The first-order valence-corrected chi connectivity index (χ1v) is 6.29. The number of rotatable bonds is 4. The standard InChI is InChI=1S/C14H17ClO/c1-10-5-6-12(14(15)7-10)9-13(16)8-11-3-2-4-11/h5-7,11H,2-4,8-9H2,1H3. The summed E-state index contributed by atoms with van der Waals surface area (Å²) < 4.78 is 0. The Morgan fingerprint density at radius 1 is 1.44 bits per heavy atom. The van der Waals surface area contributed by atoms with Gasteiger partial charge in [-0.05, 0) is 30.0 Å². The third-order valence-corrected chi connectivity index (χ3v) is 3.69. The van der Waals surface area contributed by atoms with E-state index in [0.717, 1.165) is 22.6 Å². The summed E-state index contributed by atoms with van der Waals surface area (Å²) in [6.07, 6.45) is 4.99. The van der Waals surface area contributed by atoms with Crippen molar-refractivity contribution in [3.63, 3.8) is 0 Å². The molecule has 2 rings (SSSR count). The number of carbonyl (C=O) groups is 1. The van der Waals surface area contributed by atoms with Crippen molar-refractivity contribution in [3.05, 3.63) is 34.3 Å². The molecular weight excluding hydrogens is 220 g/mol. The molecule has 86 valence electrons. The van der Waals surface area contributed by atoms with Crippen molar-refractivity contribution in [1.29, 1.82) is 0 Å². The summed E-state index contributed by atoms with van der Waals surface area (Å²) in [4.78, 5) is 11.8. The highest BCUT2D eigenvalue weighted by molar-refractivity contribution is 6.31. The van der Waals surface area contributed by atoms with E-state index in [2.05, 4.69) is 0 Å². The van der Waals surface area contributed by atoms with Crippen molar-refractivity contribution in [3.8, 4) is 0 Å². The molecule has 1 aromatic carbocycles.